The molecule has 16 heteroatoms. The topological polar surface area (TPSA) is 250 Å². The summed E-state index contributed by atoms with van der Waals surface area (Å²) in [6.07, 6.45) is -8.04. The van der Waals surface area contributed by atoms with Crippen molar-refractivity contribution in [2.45, 2.75) is 96.5 Å². The molecular weight excluding hydrogens is 680 g/mol. The smallest absolute Gasteiger partial charge is 0.408 e. The number of carboxylic acids is 1. The molecule has 8 N–H and O–H groups in total. The van der Waals surface area contributed by atoms with Gasteiger partial charge in [-0.25, -0.2) is 4.79 Å². The van der Waals surface area contributed by atoms with Crippen molar-refractivity contribution in [2.75, 3.05) is 6.61 Å². The maximum Gasteiger partial charge on any atom is 0.408 e. The molecule has 7 atom stereocenters. The average Bonchev–Trinajstić information content (AvgIpc) is 3.09. The van der Waals surface area contributed by atoms with Gasteiger partial charge in [-0.2, -0.15) is 0 Å². The number of amides is 4. The highest BCUT2D eigenvalue weighted by Gasteiger charge is 2.39. The molecule has 286 valence electrons. The Morgan fingerprint density at radius 1 is 0.712 bits per heavy atom. The summed E-state index contributed by atoms with van der Waals surface area (Å²) in [5.74, 6) is -5.47. The zero-order valence-electron chi connectivity index (χ0n) is 29.9. The summed E-state index contributed by atoms with van der Waals surface area (Å²) in [5, 5.41) is 51.8. The van der Waals surface area contributed by atoms with E-state index >= 15 is 0 Å². The molecule has 0 aliphatic carbocycles. The summed E-state index contributed by atoms with van der Waals surface area (Å²) < 4.78 is 10.2. The van der Waals surface area contributed by atoms with Crippen molar-refractivity contribution in [1.82, 2.24) is 21.3 Å². The van der Waals surface area contributed by atoms with Crippen molar-refractivity contribution < 1.29 is 58.7 Å². The van der Waals surface area contributed by atoms with Crippen molar-refractivity contribution in [2.24, 2.45) is 11.8 Å². The highest BCUT2D eigenvalue weighted by atomic mass is 16.5. The van der Waals surface area contributed by atoms with Crippen LogP contribution in [0, 0.1) is 11.8 Å². The van der Waals surface area contributed by atoms with Crippen LogP contribution in [-0.4, -0.2) is 99.2 Å². The second-order valence-corrected chi connectivity index (χ2v) is 13.0. The lowest BCUT2D eigenvalue weighted by Crippen LogP contribution is -2.61. The molecule has 0 bridgehead atoms. The van der Waals surface area contributed by atoms with Crippen LogP contribution < -0.4 is 21.3 Å². The predicted molar refractivity (Wildman–Crippen MR) is 186 cm³/mol. The highest BCUT2D eigenvalue weighted by Crippen LogP contribution is 2.18. The van der Waals surface area contributed by atoms with Gasteiger partial charge >= 0.3 is 18.0 Å². The highest BCUT2D eigenvalue weighted by molar-refractivity contribution is 5.91. The zero-order valence-corrected chi connectivity index (χ0v) is 29.9. The molecule has 0 saturated heterocycles. The third-order valence-electron chi connectivity index (χ3n) is 7.82. The van der Waals surface area contributed by atoms with Gasteiger partial charge in [0.1, 0.15) is 37.5 Å². The molecule has 4 amide bonds. The van der Waals surface area contributed by atoms with E-state index in [0.29, 0.717) is 5.56 Å². The second kappa shape index (κ2) is 21.3. The monoisotopic (exact) mass is 730 g/mol. The van der Waals surface area contributed by atoms with Crippen molar-refractivity contribution in [3.8, 4) is 0 Å². The van der Waals surface area contributed by atoms with Crippen LogP contribution in [-0.2, 0) is 40.1 Å². The molecular formula is C36H50N4O12. The van der Waals surface area contributed by atoms with Gasteiger partial charge in [0.05, 0.1) is 18.5 Å². The molecule has 0 spiro atoms. The first-order valence-electron chi connectivity index (χ1n) is 16.8. The van der Waals surface area contributed by atoms with E-state index in [0.717, 1.165) is 12.5 Å². The Balaban J connectivity index is 2.20. The van der Waals surface area contributed by atoms with Gasteiger partial charge in [-0.1, -0.05) is 88.4 Å². The number of benzene rings is 2. The van der Waals surface area contributed by atoms with Crippen LogP contribution in [0.5, 0.6) is 0 Å². The first kappa shape index (κ1) is 43.1. The number of carbonyl (C=O) groups excluding carboxylic acids is 5. The molecule has 0 unspecified atom stereocenters. The second-order valence-electron chi connectivity index (χ2n) is 13.0. The summed E-state index contributed by atoms with van der Waals surface area (Å²) >= 11 is 0. The normalized spacial score (nSPS) is 15.2. The Kier molecular flexibility index (Phi) is 17.7. The molecule has 0 aliphatic heterocycles. The number of carbonyl (C=O) groups is 6. The van der Waals surface area contributed by atoms with E-state index in [1.54, 1.807) is 82.3 Å². The first-order valence-corrected chi connectivity index (χ1v) is 16.8. The summed E-state index contributed by atoms with van der Waals surface area (Å²) in [6, 6.07) is 11.8. The van der Waals surface area contributed by atoms with E-state index in [2.05, 4.69) is 21.3 Å². The molecule has 0 aliphatic rings. The molecule has 16 nitrogen and oxygen atoms in total. The Morgan fingerprint density at radius 3 is 1.85 bits per heavy atom. The third kappa shape index (κ3) is 14.7. The molecule has 0 radical (unpaired) electrons. The standard InChI is InChI=1S/C36H50N4O12/c1-20(2)16-26(38-34(48)29(21(3)4)40-36(50)52-18-23-12-8-6-9-13-23)33(47)39-27(19-51-22(5)41)30(44)31(45)32(46)35(49)37-25(17-28(42)43)24-14-10-7-11-15-24/h6-15,20-21,25-27,29-32,44-46H,16-19H2,1-5H3,(H,37,49)(H,38,48)(H,39,47)(H,40,50)(H,42,43)/t25-,26-,27-,29-,30+,31+,32-/m0/s1. The van der Waals surface area contributed by atoms with Crippen molar-refractivity contribution >= 4 is 35.8 Å². The fourth-order valence-corrected chi connectivity index (χ4v) is 5.06. The Labute approximate surface area is 302 Å². The summed E-state index contributed by atoms with van der Waals surface area (Å²) in [7, 11) is 0. The van der Waals surface area contributed by atoms with Crippen molar-refractivity contribution in [1.29, 1.82) is 0 Å². The molecule has 2 aromatic rings. The maximum atomic E-state index is 13.6. The first-order chi connectivity index (χ1) is 24.5. The lowest BCUT2D eigenvalue weighted by molar-refractivity contribution is -0.151. The average molecular weight is 731 g/mol. The fraction of sp³-hybridized carbons (Fsp3) is 0.500. The van der Waals surface area contributed by atoms with Gasteiger partial charge in [0, 0.05) is 6.92 Å². The Hall–Kier alpha value is -5.06. The molecule has 2 rings (SSSR count). The molecule has 0 heterocycles. The quantitative estimate of drug-likeness (QED) is 0.0887. The number of hydrogen-bond acceptors (Lipinski definition) is 11. The number of ether oxygens (including phenoxy) is 2. The largest absolute Gasteiger partial charge is 0.481 e. The van der Waals surface area contributed by atoms with Gasteiger partial charge in [-0.05, 0) is 29.4 Å². The molecule has 0 fully saturated rings. The number of aliphatic hydroxyl groups is 3. The summed E-state index contributed by atoms with van der Waals surface area (Å²) in [6.45, 7) is 7.23. The summed E-state index contributed by atoms with van der Waals surface area (Å²) in [4.78, 5) is 75.6. The zero-order chi connectivity index (χ0) is 39.0. The SMILES string of the molecule is CC(=O)OC[C@H](NC(=O)[C@H](CC(C)C)NC(=O)[C@@H](NC(=O)OCc1ccccc1)C(C)C)[C@@H](O)[C@@H](O)[C@H](O)C(=O)N[C@@H](CC(=O)O)c1ccccc1. The van der Waals surface area contributed by atoms with E-state index < -0.39 is 97.2 Å². The lowest BCUT2D eigenvalue weighted by Gasteiger charge is -2.32. The number of nitrogens with one attached hydrogen (secondary N) is 4. The van der Waals surface area contributed by atoms with Gasteiger partial charge < -0.3 is 51.2 Å². The van der Waals surface area contributed by atoms with Crippen molar-refractivity contribution in [3.05, 3.63) is 71.8 Å². The van der Waals surface area contributed by atoms with E-state index in [1.807, 2.05) is 6.07 Å². The molecule has 0 saturated carbocycles. The van der Waals surface area contributed by atoms with Crippen LogP contribution in [0.4, 0.5) is 4.79 Å². The summed E-state index contributed by atoms with van der Waals surface area (Å²) in [5.41, 5.74) is 1.13. The maximum absolute atomic E-state index is 13.6. The minimum absolute atomic E-state index is 0.0400. The number of alkyl carbamates (subject to hydrolysis) is 1. The Bertz CT molecular complexity index is 1470. The number of carboxylic acid groups (broad SMARTS) is 1. The number of rotatable bonds is 20. The number of aliphatic hydroxyl groups excluding tert-OH is 3. The van der Waals surface area contributed by atoms with Gasteiger partial charge in [0.15, 0.2) is 6.10 Å². The van der Waals surface area contributed by atoms with E-state index in [-0.39, 0.29) is 18.9 Å². The predicted octanol–water partition coefficient (Wildman–Crippen LogP) is 0.931. The van der Waals surface area contributed by atoms with E-state index in [1.165, 1.54) is 0 Å². The third-order valence-corrected chi connectivity index (χ3v) is 7.82. The fourth-order valence-electron chi connectivity index (χ4n) is 5.06. The van der Waals surface area contributed by atoms with Gasteiger partial charge in [0.2, 0.25) is 11.8 Å². The lowest BCUT2D eigenvalue weighted by atomic mass is 9.97. The van der Waals surface area contributed by atoms with Crippen LogP contribution in [0.15, 0.2) is 60.7 Å². The van der Waals surface area contributed by atoms with Gasteiger partial charge in [-0.3, -0.25) is 24.0 Å². The molecule has 52 heavy (non-hydrogen) atoms. The van der Waals surface area contributed by atoms with Crippen LogP contribution in [0.1, 0.15) is 64.6 Å². The van der Waals surface area contributed by atoms with Crippen LogP contribution >= 0.6 is 0 Å². The van der Waals surface area contributed by atoms with Gasteiger partial charge in [-0.15, -0.1) is 0 Å². The molecule has 0 aromatic heterocycles. The van der Waals surface area contributed by atoms with Crippen molar-refractivity contribution in [3.63, 3.8) is 0 Å². The van der Waals surface area contributed by atoms with Gasteiger partial charge in [0.25, 0.3) is 5.91 Å². The number of hydrogen-bond donors (Lipinski definition) is 8. The minimum Gasteiger partial charge on any atom is -0.481 e. The van der Waals surface area contributed by atoms with Crippen LogP contribution in [0.25, 0.3) is 0 Å². The van der Waals surface area contributed by atoms with Crippen LogP contribution in [0.3, 0.4) is 0 Å². The Morgan fingerprint density at radius 2 is 1.31 bits per heavy atom. The number of aliphatic carboxylic acids is 1. The molecule has 2 aromatic carbocycles. The van der Waals surface area contributed by atoms with Crippen LogP contribution in [0.2, 0.25) is 0 Å². The number of esters is 1. The minimum atomic E-state index is -2.32. The van der Waals surface area contributed by atoms with E-state index in [4.69, 9.17) is 9.47 Å². The van der Waals surface area contributed by atoms with E-state index in [9.17, 15) is 49.2 Å².